The summed E-state index contributed by atoms with van der Waals surface area (Å²) in [5, 5.41) is 0. The Morgan fingerprint density at radius 1 is 1.50 bits per heavy atom. The van der Waals surface area contributed by atoms with Crippen molar-refractivity contribution in [3.8, 4) is 5.75 Å². The van der Waals surface area contributed by atoms with Crippen LogP contribution in [0.1, 0.15) is 10.4 Å². The van der Waals surface area contributed by atoms with Gasteiger partial charge in [-0.05, 0) is 17.7 Å². The summed E-state index contributed by atoms with van der Waals surface area (Å²) < 4.78 is 5.15. The third kappa shape index (κ3) is 2.12. The highest BCUT2D eigenvalue weighted by atomic mass is 32.1. The van der Waals surface area contributed by atoms with Gasteiger partial charge in [-0.2, -0.15) is 0 Å². The number of aromatic nitrogens is 1. The normalized spacial score (nSPS) is 10.1. The summed E-state index contributed by atoms with van der Waals surface area (Å²) >= 11 is 1.55. The second-order valence-corrected chi connectivity index (χ2v) is 3.86. The quantitative estimate of drug-likeness (QED) is 0.766. The van der Waals surface area contributed by atoms with Gasteiger partial charge in [0.25, 0.3) is 0 Å². The molecule has 2 aromatic rings. The second-order valence-electron chi connectivity index (χ2n) is 2.95. The lowest BCUT2D eigenvalue weighted by Gasteiger charge is -2.02. The van der Waals surface area contributed by atoms with Crippen LogP contribution in [0.4, 0.5) is 0 Å². The summed E-state index contributed by atoms with van der Waals surface area (Å²) in [4.78, 5) is 5.14. The molecule has 0 atom stereocenters. The Hall–Kier alpha value is -1.35. The zero-order chi connectivity index (χ0) is 9.80. The molecule has 2 nitrogen and oxygen atoms in total. The fourth-order valence-corrected chi connectivity index (χ4v) is 1.84. The Morgan fingerprint density at radius 2 is 2.43 bits per heavy atom. The molecule has 0 bridgehead atoms. The molecule has 0 saturated heterocycles. The van der Waals surface area contributed by atoms with Crippen LogP contribution < -0.4 is 4.74 Å². The largest absolute Gasteiger partial charge is 0.497 e. The molecule has 14 heavy (non-hydrogen) atoms. The molecule has 0 aliphatic heterocycles. The topological polar surface area (TPSA) is 22.1 Å². The van der Waals surface area contributed by atoms with Crippen LogP contribution in [-0.2, 0) is 6.42 Å². The van der Waals surface area contributed by atoms with Crippen LogP contribution in [-0.4, -0.2) is 12.1 Å². The monoisotopic (exact) mass is 204 g/mol. The number of methoxy groups -OCH3 is 1. The average molecular weight is 204 g/mol. The maximum absolute atomic E-state index is 5.15. The number of hydrogen-bond acceptors (Lipinski definition) is 3. The van der Waals surface area contributed by atoms with Gasteiger partial charge in [0.05, 0.1) is 7.11 Å². The van der Waals surface area contributed by atoms with Gasteiger partial charge in [0.15, 0.2) is 5.51 Å². The summed E-state index contributed by atoms with van der Waals surface area (Å²) in [6.07, 6.45) is 2.75. The van der Waals surface area contributed by atoms with Crippen molar-refractivity contribution in [2.75, 3.05) is 7.11 Å². The van der Waals surface area contributed by atoms with Crippen molar-refractivity contribution in [2.45, 2.75) is 6.42 Å². The molecule has 71 valence electrons. The molecule has 1 aromatic carbocycles. The predicted octanol–water partition coefficient (Wildman–Crippen LogP) is 2.54. The summed E-state index contributed by atoms with van der Waals surface area (Å²) in [7, 11) is 1.68. The van der Waals surface area contributed by atoms with E-state index in [4.69, 9.17) is 4.74 Å². The molecule has 0 aliphatic rings. The Labute approximate surface area is 87.2 Å². The van der Waals surface area contributed by atoms with Gasteiger partial charge in [-0.3, -0.25) is 0 Å². The number of ether oxygens (including phenoxy) is 1. The first-order chi connectivity index (χ1) is 6.88. The fourth-order valence-electron chi connectivity index (χ4n) is 1.28. The number of hydrogen-bond donors (Lipinski definition) is 0. The maximum Gasteiger partial charge on any atom is 0.152 e. The maximum atomic E-state index is 5.15. The Kier molecular flexibility index (Phi) is 2.79. The highest BCUT2D eigenvalue weighted by Gasteiger charge is 1.99. The minimum Gasteiger partial charge on any atom is -0.497 e. The smallest absolute Gasteiger partial charge is 0.152 e. The van der Waals surface area contributed by atoms with Crippen LogP contribution in [0.5, 0.6) is 5.75 Å². The Bertz CT molecular complexity index is 397. The molecule has 0 aliphatic carbocycles. The molecular weight excluding hydrogens is 194 g/mol. The number of thiazole rings is 1. The van der Waals surface area contributed by atoms with E-state index in [-0.39, 0.29) is 0 Å². The molecular formula is C11H10NOS. The summed E-state index contributed by atoms with van der Waals surface area (Å²) in [5.74, 6) is 0.899. The van der Waals surface area contributed by atoms with Crippen molar-refractivity contribution in [3.05, 3.63) is 46.4 Å². The summed E-state index contributed by atoms with van der Waals surface area (Å²) in [5.41, 5.74) is 4.08. The van der Waals surface area contributed by atoms with Crippen LogP contribution in [0.15, 0.2) is 30.5 Å². The standard InChI is InChI=1S/C11H10NOS/c1-13-10-4-2-3-9(5-10)6-11-7-12-8-14-11/h2-5,7H,6H2,1H3. The molecule has 2 rings (SSSR count). The minimum atomic E-state index is 0.899. The first kappa shape index (κ1) is 9.21. The fraction of sp³-hybridized carbons (Fsp3) is 0.182. The van der Waals surface area contributed by atoms with Crippen molar-refractivity contribution in [1.29, 1.82) is 0 Å². The van der Waals surface area contributed by atoms with Crippen LogP contribution in [0.2, 0.25) is 0 Å². The average Bonchev–Trinajstić information content (AvgIpc) is 2.71. The molecule has 1 radical (unpaired) electrons. The van der Waals surface area contributed by atoms with E-state index in [1.165, 1.54) is 10.4 Å². The first-order valence-electron chi connectivity index (χ1n) is 4.32. The van der Waals surface area contributed by atoms with Crippen molar-refractivity contribution in [2.24, 2.45) is 0 Å². The SMILES string of the molecule is COc1cccc(Cc2cn[c]s2)c1. The Morgan fingerprint density at radius 3 is 3.14 bits per heavy atom. The third-order valence-corrected chi connectivity index (χ3v) is 2.66. The highest BCUT2D eigenvalue weighted by molar-refractivity contribution is 7.09. The van der Waals surface area contributed by atoms with E-state index in [0.717, 1.165) is 12.2 Å². The molecule has 1 heterocycles. The van der Waals surface area contributed by atoms with Crippen LogP contribution >= 0.6 is 11.3 Å². The molecule has 3 heteroatoms. The van der Waals surface area contributed by atoms with Crippen molar-refractivity contribution in [1.82, 2.24) is 4.98 Å². The molecule has 0 amide bonds. The summed E-state index contributed by atoms with van der Waals surface area (Å²) in [6, 6.07) is 8.07. The second kappa shape index (κ2) is 4.24. The minimum absolute atomic E-state index is 0.899. The van der Waals surface area contributed by atoms with Gasteiger partial charge < -0.3 is 4.74 Å². The van der Waals surface area contributed by atoms with Gasteiger partial charge in [0, 0.05) is 17.5 Å². The predicted molar refractivity (Wildman–Crippen MR) is 56.8 cm³/mol. The van der Waals surface area contributed by atoms with Gasteiger partial charge in [-0.25, -0.2) is 4.98 Å². The summed E-state index contributed by atoms with van der Waals surface area (Å²) in [6.45, 7) is 0. The lowest BCUT2D eigenvalue weighted by atomic mass is 10.1. The number of benzene rings is 1. The van der Waals surface area contributed by atoms with Crippen molar-refractivity contribution < 1.29 is 4.74 Å². The van der Waals surface area contributed by atoms with E-state index in [2.05, 4.69) is 16.6 Å². The van der Waals surface area contributed by atoms with E-state index >= 15 is 0 Å². The van der Waals surface area contributed by atoms with E-state index in [1.807, 2.05) is 24.4 Å². The molecule has 0 N–H and O–H groups in total. The van der Waals surface area contributed by atoms with Gasteiger partial charge in [0.1, 0.15) is 5.75 Å². The van der Waals surface area contributed by atoms with E-state index in [9.17, 15) is 0 Å². The zero-order valence-corrected chi connectivity index (χ0v) is 8.67. The molecule has 1 aromatic heterocycles. The lowest BCUT2D eigenvalue weighted by Crippen LogP contribution is -1.87. The zero-order valence-electron chi connectivity index (χ0n) is 7.86. The van der Waals surface area contributed by atoms with Gasteiger partial charge >= 0.3 is 0 Å². The van der Waals surface area contributed by atoms with E-state index < -0.39 is 0 Å². The van der Waals surface area contributed by atoms with Gasteiger partial charge in [-0.15, -0.1) is 11.3 Å². The van der Waals surface area contributed by atoms with Crippen LogP contribution in [0.3, 0.4) is 0 Å². The van der Waals surface area contributed by atoms with E-state index in [0.29, 0.717) is 0 Å². The number of rotatable bonds is 3. The van der Waals surface area contributed by atoms with Crippen molar-refractivity contribution >= 4 is 11.3 Å². The van der Waals surface area contributed by atoms with Crippen LogP contribution in [0, 0.1) is 5.51 Å². The third-order valence-electron chi connectivity index (χ3n) is 1.95. The molecule has 0 saturated carbocycles. The van der Waals surface area contributed by atoms with Gasteiger partial charge in [0.2, 0.25) is 0 Å². The van der Waals surface area contributed by atoms with Gasteiger partial charge in [-0.1, -0.05) is 12.1 Å². The van der Waals surface area contributed by atoms with E-state index in [1.54, 1.807) is 18.4 Å². The molecule has 0 fully saturated rings. The van der Waals surface area contributed by atoms with Crippen LogP contribution in [0.25, 0.3) is 0 Å². The van der Waals surface area contributed by atoms with Crippen molar-refractivity contribution in [3.63, 3.8) is 0 Å². The number of nitrogens with zero attached hydrogens (tertiary/aromatic N) is 1. The lowest BCUT2D eigenvalue weighted by molar-refractivity contribution is 0.414. The Balaban J connectivity index is 2.17. The molecule has 0 spiro atoms. The highest BCUT2D eigenvalue weighted by Crippen LogP contribution is 2.17. The molecule has 0 unspecified atom stereocenters. The first-order valence-corrected chi connectivity index (χ1v) is 5.14.